The number of hydrogen-bond acceptors (Lipinski definition) is 5. The van der Waals surface area contributed by atoms with E-state index in [4.69, 9.17) is 4.74 Å². The van der Waals surface area contributed by atoms with Crippen molar-refractivity contribution >= 4 is 32.8 Å². The van der Waals surface area contributed by atoms with Gasteiger partial charge in [0.2, 0.25) is 15.7 Å². The zero-order valence-corrected chi connectivity index (χ0v) is 16.7. The number of hydrogen-bond donors (Lipinski definition) is 1. The minimum Gasteiger partial charge on any atom is -0.497 e. The van der Waals surface area contributed by atoms with Crippen LogP contribution in [0.1, 0.15) is 22.8 Å². The van der Waals surface area contributed by atoms with Gasteiger partial charge in [0.15, 0.2) is 0 Å². The van der Waals surface area contributed by atoms with Crippen molar-refractivity contribution in [1.82, 2.24) is 0 Å². The Balaban J connectivity index is 1.82. The van der Waals surface area contributed by atoms with E-state index in [0.29, 0.717) is 10.6 Å². The lowest BCUT2D eigenvalue weighted by atomic mass is 9.90. The van der Waals surface area contributed by atoms with Gasteiger partial charge in [0.05, 0.1) is 17.7 Å². The van der Waals surface area contributed by atoms with Crippen molar-refractivity contribution in [1.29, 1.82) is 0 Å². The summed E-state index contributed by atoms with van der Waals surface area (Å²) in [5.41, 5.74) is 0.145. The Morgan fingerprint density at radius 1 is 1.14 bits per heavy atom. The van der Waals surface area contributed by atoms with Crippen LogP contribution in [0.3, 0.4) is 0 Å². The van der Waals surface area contributed by atoms with Gasteiger partial charge in [0.25, 0.3) is 0 Å². The van der Waals surface area contributed by atoms with E-state index < -0.39 is 33.3 Å². The van der Waals surface area contributed by atoms with Gasteiger partial charge in [-0.3, -0.25) is 4.79 Å². The summed E-state index contributed by atoms with van der Waals surface area (Å²) in [6.45, 7) is 0. The second-order valence-electron chi connectivity index (χ2n) is 6.49. The summed E-state index contributed by atoms with van der Waals surface area (Å²) < 4.78 is 59.3. The van der Waals surface area contributed by atoms with Crippen LogP contribution >= 0.6 is 11.3 Å². The number of nitrogens with one attached hydrogen (secondary N) is 1. The number of carbonyl (C=O) groups excluding carboxylic acids is 1. The van der Waals surface area contributed by atoms with E-state index in [1.54, 1.807) is 0 Å². The van der Waals surface area contributed by atoms with E-state index in [2.05, 4.69) is 5.32 Å². The number of halogens is 2. The third-order valence-electron chi connectivity index (χ3n) is 4.75. The lowest BCUT2D eigenvalue weighted by Gasteiger charge is -2.24. The van der Waals surface area contributed by atoms with Crippen LogP contribution in [0.25, 0.3) is 0 Å². The Kier molecular flexibility index (Phi) is 4.87. The first-order chi connectivity index (χ1) is 13.8. The molecular formula is C20H15F2NO4S2. The van der Waals surface area contributed by atoms with Crippen molar-refractivity contribution in [3.63, 3.8) is 0 Å². The first kappa shape index (κ1) is 19.5. The highest BCUT2D eigenvalue weighted by Gasteiger charge is 2.35. The zero-order chi connectivity index (χ0) is 20.8. The Labute approximate surface area is 169 Å². The number of rotatable bonds is 4. The molecule has 2 heterocycles. The van der Waals surface area contributed by atoms with Crippen molar-refractivity contribution < 1.29 is 26.7 Å². The fourth-order valence-electron chi connectivity index (χ4n) is 3.32. The summed E-state index contributed by atoms with van der Waals surface area (Å²) in [5, 5.41) is 4.01. The summed E-state index contributed by atoms with van der Waals surface area (Å²) in [5.74, 6) is -2.00. The first-order valence-corrected chi connectivity index (χ1v) is 10.9. The molecule has 0 spiro atoms. The van der Waals surface area contributed by atoms with E-state index in [-0.39, 0.29) is 27.5 Å². The number of benzene rings is 2. The Morgan fingerprint density at radius 3 is 2.55 bits per heavy atom. The van der Waals surface area contributed by atoms with Crippen LogP contribution in [0, 0.1) is 11.6 Å². The summed E-state index contributed by atoms with van der Waals surface area (Å²) in [6, 6.07) is 8.90. The Morgan fingerprint density at radius 2 is 1.86 bits per heavy atom. The number of amides is 1. The van der Waals surface area contributed by atoms with Crippen molar-refractivity contribution in [3.8, 4) is 5.75 Å². The average molecular weight is 435 g/mol. The summed E-state index contributed by atoms with van der Waals surface area (Å²) in [4.78, 5) is 12.7. The maximum Gasteiger partial charge on any atom is 0.225 e. The zero-order valence-electron chi connectivity index (χ0n) is 15.1. The van der Waals surface area contributed by atoms with Crippen molar-refractivity contribution in [2.45, 2.75) is 22.1 Å². The van der Waals surface area contributed by atoms with Crippen LogP contribution in [-0.4, -0.2) is 21.4 Å². The summed E-state index contributed by atoms with van der Waals surface area (Å²) in [6.07, 6.45) is -0.101. The van der Waals surface area contributed by atoms with Crippen molar-refractivity contribution in [2.75, 3.05) is 12.4 Å². The maximum absolute atomic E-state index is 14.3. The fourth-order valence-corrected chi connectivity index (χ4v) is 6.22. The first-order valence-electron chi connectivity index (χ1n) is 8.56. The maximum atomic E-state index is 14.3. The Bertz CT molecular complexity index is 1200. The lowest BCUT2D eigenvalue weighted by molar-refractivity contribution is -0.116. The van der Waals surface area contributed by atoms with Gasteiger partial charge in [-0.25, -0.2) is 17.2 Å². The monoisotopic (exact) mass is 435 g/mol. The predicted octanol–water partition coefficient (Wildman–Crippen LogP) is 4.34. The van der Waals surface area contributed by atoms with Crippen LogP contribution < -0.4 is 10.1 Å². The molecule has 1 aliphatic heterocycles. The number of carbonyl (C=O) groups is 1. The minimum atomic E-state index is -3.94. The van der Waals surface area contributed by atoms with Crippen LogP contribution in [0.2, 0.25) is 0 Å². The highest BCUT2D eigenvalue weighted by Crippen LogP contribution is 2.46. The molecule has 0 saturated heterocycles. The van der Waals surface area contributed by atoms with Gasteiger partial charge in [-0.05, 0) is 48.0 Å². The average Bonchev–Trinajstić information content (AvgIpc) is 3.14. The molecule has 1 amide bonds. The number of methoxy groups -OCH3 is 1. The van der Waals surface area contributed by atoms with Crippen LogP contribution in [-0.2, 0) is 14.6 Å². The second kappa shape index (κ2) is 7.23. The van der Waals surface area contributed by atoms with Gasteiger partial charge >= 0.3 is 0 Å². The summed E-state index contributed by atoms with van der Waals surface area (Å²) in [7, 11) is -2.46. The molecular weight excluding hydrogens is 420 g/mol. The molecule has 29 heavy (non-hydrogen) atoms. The standard InChI is InChI=1S/C20H15F2NO4S2/c1-27-12-3-5-13(6-4-12)29(25,26)17-10-28-20-15(9-18(24)23-19(17)20)14-8-11(21)2-7-16(14)22/h2-8,10,15H,9H2,1H3,(H,23,24). The molecule has 1 aromatic heterocycles. The third-order valence-corrected chi connectivity index (χ3v) is 7.79. The van der Waals surface area contributed by atoms with Crippen molar-refractivity contribution in [3.05, 3.63) is 69.9 Å². The molecule has 0 fully saturated rings. The third kappa shape index (κ3) is 3.40. The molecule has 9 heteroatoms. The van der Waals surface area contributed by atoms with Gasteiger partial charge in [-0.2, -0.15) is 0 Å². The van der Waals surface area contributed by atoms with E-state index in [9.17, 15) is 22.0 Å². The van der Waals surface area contributed by atoms with Gasteiger partial charge < -0.3 is 10.1 Å². The quantitative estimate of drug-likeness (QED) is 0.662. The molecule has 0 bridgehead atoms. The molecule has 5 nitrogen and oxygen atoms in total. The fraction of sp³-hybridized carbons (Fsp3) is 0.150. The predicted molar refractivity (Wildman–Crippen MR) is 104 cm³/mol. The summed E-state index contributed by atoms with van der Waals surface area (Å²) >= 11 is 1.09. The highest BCUT2D eigenvalue weighted by molar-refractivity contribution is 7.91. The minimum absolute atomic E-state index is 0.0244. The molecule has 3 aromatic rings. The number of thiophene rings is 1. The van der Waals surface area contributed by atoms with Gasteiger partial charge in [-0.15, -0.1) is 11.3 Å². The number of sulfone groups is 1. The van der Waals surface area contributed by atoms with Crippen LogP contribution in [0.5, 0.6) is 5.75 Å². The number of fused-ring (bicyclic) bond motifs is 1. The van der Waals surface area contributed by atoms with E-state index in [1.165, 1.54) is 36.8 Å². The topological polar surface area (TPSA) is 72.5 Å². The van der Waals surface area contributed by atoms with E-state index in [1.807, 2.05) is 0 Å². The normalized spacial score (nSPS) is 16.2. The number of anilines is 1. The van der Waals surface area contributed by atoms with E-state index >= 15 is 0 Å². The second-order valence-corrected chi connectivity index (χ2v) is 9.32. The molecule has 0 aliphatic carbocycles. The molecule has 1 N–H and O–H groups in total. The van der Waals surface area contributed by atoms with Gasteiger partial charge in [0, 0.05) is 22.6 Å². The molecule has 2 aromatic carbocycles. The molecule has 1 atom stereocenters. The van der Waals surface area contributed by atoms with Crippen molar-refractivity contribution in [2.24, 2.45) is 0 Å². The molecule has 4 rings (SSSR count). The van der Waals surface area contributed by atoms with Crippen LogP contribution in [0.15, 0.2) is 57.6 Å². The SMILES string of the molecule is COc1ccc(S(=O)(=O)c2csc3c2NC(=O)CC3c2cc(F)ccc2F)cc1. The van der Waals surface area contributed by atoms with Gasteiger partial charge in [0.1, 0.15) is 22.3 Å². The molecule has 1 unspecified atom stereocenters. The Hall–Kier alpha value is -2.78. The van der Waals surface area contributed by atoms with Crippen LogP contribution in [0.4, 0.5) is 14.5 Å². The highest BCUT2D eigenvalue weighted by atomic mass is 32.2. The smallest absolute Gasteiger partial charge is 0.225 e. The number of ether oxygens (including phenoxy) is 1. The van der Waals surface area contributed by atoms with Gasteiger partial charge in [-0.1, -0.05) is 0 Å². The molecule has 150 valence electrons. The lowest BCUT2D eigenvalue weighted by Crippen LogP contribution is -2.24. The molecule has 0 saturated carbocycles. The largest absolute Gasteiger partial charge is 0.497 e. The van der Waals surface area contributed by atoms with E-state index in [0.717, 1.165) is 29.5 Å². The molecule has 1 aliphatic rings. The molecule has 0 radical (unpaired) electrons.